The van der Waals surface area contributed by atoms with Crippen LogP contribution in [0, 0.1) is 10.1 Å². The van der Waals surface area contributed by atoms with Gasteiger partial charge in [-0.05, 0) is 22.9 Å². The predicted octanol–water partition coefficient (Wildman–Crippen LogP) is 0.707. The Balaban J connectivity index is 2.46. The van der Waals surface area contributed by atoms with Gasteiger partial charge < -0.3 is 20.2 Å². The standard InChI is InChI=1S/C9H16N4O3/c1-3-4-10-5-6-16-9-8(13(14)15)11-7-12(9)2/h7,10H,3-6H2,1-2H3. The van der Waals surface area contributed by atoms with E-state index in [1.807, 2.05) is 0 Å². The van der Waals surface area contributed by atoms with E-state index in [0.717, 1.165) is 13.0 Å². The number of imidazole rings is 1. The van der Waals surface area contributed by atoms with Crippen LogP contribution in [-0.4, -0.2) is 34.2 Å². The van der Waals surface area contributed by atoms with Crippen molar-refractivity contribution >= 4 is 5.82 Å². The highest BCUT2D eigenvalue weighted by molar-refractivity contribution is 5.33. The SMILES string of the molecule is CCCNCCOc1c([N+](=O)[O-])ncn1C. The van der Waals surface area contributed by atoms with Gasteiger partial charge in [0.05, 0.1) is 0 Å². The topological polar surface area (TPSA) is 82.2 Å². The summed E-state index contributed by atoms with van der Waals surface area (Å²) in [6.45, 7) is 4.03. The summed E-state index contributed by atoms with van der Waals surface area (Å²) in [6, 6.07) is 0. The van der Waals surface area contributed by atoms with Gasteiger partial charge in [-0.15, -0.1) is 0 Å². The molecule has 7 heteroatoms. The predicted molar refractivity (Wildman–Crippen MR) is 58.5 cm³/mol. The van der Waals surface area contributed by atoms with Gasteiger partial charge in [-0.25, -0.2) is 0 Å². The monoisotopic (exact) mass is 228 g/mol. The minimum atomic E-state index is -0.547. The van der Waals surface area contributed by atoms with Crippen molar-refractivity contribution in [1.29, 1.82) is 0 Å². The van der Waals surface area contributed by atoms with Crippen LogP contribution in [0.25, 0.3) is 0 Å². The van der Waals surface area contributed by atoms with E-state index in [1.54, 1.807) is 7.05 Å². The lowest BCUT2D eigenvalue weighted by atomic mass is 10.5. The summed E-state index contributed by atoms with van der Waals surface area (Å²) in [5.41, 5.74) is 0. The molecule has 0 saturated carbocycles. The number of nitro groups is 1. The first-order chi connectivity index (χ1) is 7.66. The van der Waals surface area contributed by atoms with E-state index in [4.69, 9.17) is 4.74 Å². The van der Waals surface area contributed by atoms with Crippen LogP contribution in [0.1, 0.15) is 13.3 Å². The Bertz CT molecular complexity index is 351. The van der Waals surface area contributed by atoms with Gasteiger partial charge in [-0.1, -0.05) is 6.92 Å². The number of ether oxygens (including phenoxy) is 1. The molecule has 0 aliphatic heterocycles. The van der Waals surface area contributed by atoms with Crippen molar-refractivity contribution in [3.05, 3.63) is 16.4 Å². The first-order valence-electron chi connectivity index (χ1n) is 5.16. The fourth-order valence-corrected chi connectivity index (χ4v) is 1.22. The Morgan fingerprint density at radius 3 is 3.00 bits per heavy atom. The van der Waals surface area contributed by atoms with Crippen LogP contribution in [0.5, 0.6) is 5.88 Å². The fraction of sp³-hybridized carbons (Fsp3) is 0.667. The molecular weight excluding hydrogens is 212 g/mol. The van der Waals surface area contributed by atoms with E-state index in [1.165, 1.54) is 10.9 Å². The smallest absolute Gasteiger partial charge is 0.426 e. The van der Waals surface area contributed by atoms with Crippen molar-refractivity contribution in [2.45, 2.75) is 13.3 Å². The largest absolute Gasteiger partial charge is 0.471 e. The van der Waals surface area contributed by atoms with Crippen LogP contribution in [-0.2, 0) is 7.05 Å². The summed E-state index contributed by atoms with van der Waals surface area (Å²) >= 11 is 0. The quantitative estimate of drug-likeness (QED) is 0.422. The highest BCUT2D eigenvalue weighted by Crippen LogP contribution is 2.23. The molecule has 0 aliphatic carbocycles. The third kappa shape index (κ3) is 3.20. The van der Waals surface area contributed by atoms with Crippen LogP contribution in [0.15, 0.2) is 6.33 Å². The van der Waals surface area contributed by atoms with Crippen molar-refractivity contribution in [3.8, 4) is 5.88 Å². The minimum Gasteiger partial charge on any atom is -0.471 e. The molecular formula is C9H16N4O3. The number of aromatic nitrogens is 2. The van der Waals surface area contributed by atoms with E-state index < -0.39 is 4.92 Å². The van der Waals surface area contributed by atoms with Crippen molar-refractivity contribution in [2.24, 2.45) is 7.05 Å². The second-order valence-electron chi connectivity index (χ2n) is 3.34. The van der Waals surface area contributed by atoms with E-state index in [9.17, 15) is 10.1 Å². The van der Waals surface area contributed by atoms with Gasteiger partial charge in [0.2, 0.25) is 6.33 Å². The number of hydrogen-bond donors (Lipinski definition) is 1. The lowest BCUT2D eigenvalue weighted by Crippen LogP contribution is -2.22. The maximum atomic E-state index is 10.6. The second kappa shape index (κ2) is 6.06. The first kappa shape index (κ1) is 12.4. The summed E-state index contributed by atoms with van der Waals surface area (Å²) in [5, 5.41) is 13.7. The Morgan fingerprint density at radius 1 is 1.62 bits per heavy atom. The molecule has 0 saturated heterocycles. The number of aryl methyl sites for hydroxylation is 1. The molecule has 0 unspecified atom stereocenters. The van der Waals surface area contributed by atoms with E-state index >= 15 is 0 Å². The molecule has 1 rings (SSSR count). The molecule has 1 aromatic heterocycles. The van der Waals surface area contributed by atoms with Crippen molar-refractivity contribution < 1.29 is 9.66 Å². The van der Waals surface area contributed by atoms with Crippen molar-refractivity contribution in [2.75, 3.05) is 19.7 Å². The summed E-state index contributed by atoms with van der Waals surface area (Å²) in [6.07, 6.45) is 2.42. The number of nitrogens with one attached hydrogen (secondary N) is 1. The van der Waals surface area contributed by atoms with E-state index in [-0.39, 0.29) is 11.7 Å². The second-order valence-corrected chi connectivity index (χ2v) is 3.34. The Kier molecular flexibility index (Phi) is 4.71. The molecule has 7 nitrogen and oxygen atoms in total. The normalized spacial score (nSPS) is 10.4. The first-order valence-corrected chi connectivity index (χ1v) is 5.16. The summed E-state index contributed by atoms with van der Waals surface area (Å²) in [4.78, 5) is 13.7. The van der Waals surface area contributed by atoms with Crippen LogP contribution >= 0.6 is 0 Å². The van der Waals surface area contributed by atoms with Crippen molar-refractivity contribution in [1.82, 2.24) is 14.9 Å². The third-order valence-electron chi connectivity index (χ3n) is 1.98. The number of rotatable bonds is 7. The van der Waals surface area contributed by atoms with Crippen LogP contribution in [0.4, 0.5) is 5.82 Å². The summed E-state index contributed by atoms with van der Waals surface area (Å²) in [7, 11) is 1.66. The molecule has 0 aliphatic rings. The Morgan fingerprint density at radius 2 is 2.38 bits per heavy atom. The van der Waals surface area contributed by atoms with E-state index in [0.29, 0.717) is 13.2 Å². The van der Waals surface area contributed by atoms with Crippen molar-refractivity contribution in [3.63, 3.8) is 0 Å². The van der Waals surface area contributed by atoms with E-state index in [2.05, 4.69) is 17.2 Å². The fourth-order valence-electron chi connectivity index (χ4n) is 1.22. The van der Waals surface area contributed by atoms with Crippen LogP contribution < -0.4 is 10.1 Å². The summed E-state index contributed by atoms with van der Waals surface area (Å²) in [5.74, 6) is -0.0405. The highest BCUT2D eigenvalue weighted by atomic mass is 16.6. The minimum absolute atomic E-state index is 0.197. The van der Waals surface area contributed by atoms with Gasteiger partial charge in [0.25, 0.3) is 5.88 Å². The van der Waals surface area contributed by atoms with Gasteiger partial charge >= 0.3 is 5.82 Å². The molecule has 0 radical (unpaired) electrons. The lowest BCUT2D eigenvalue weighted by molar-refractivity contribution is -0.390. The molecule has 90 valence electrons. The third-order valence-corrected chi connectivity index (χ3v) is 1.98. The Labute approximate surface area is 93.6 Å². The van der Waals surface area contributed by atoms with Gasteiger partial charge in [0.15, 0.2) is 0 Å². The molecule has 0 amide bonds. The zero-order chi connectivity index (χ0) is 12.0. The lowest BCUT2D eigenvalue weighted by Gasteiger charge is -2.06. The molecule has 16 heavy (non-hydrogen) atoms. The molecule has 0 aromatic carbocycles. The van der Waals surface area contributed by atoms with Gasteiger partial charge in [-0.2, -0.15) is 0 Å². The molecule has 0 atom stereocenters. The van der Waals surface area contributed by atoms with Crippen LogP contribution in [0.3, 0.4) is 0 Å². The molecule has 0 fully saturated rings. The van der Waals surface area contributed by atoms with Crippen LogP contribution in [0.2, 0.25) is 0 Å². The van der Waals surface area contributed by atoms with Gasteiger partial charge in [0.1, 0.15) is 6.61 Å². The number of hydrogen-bond acceptors (Lipinski definition) is 5. The zero-order valence-electron chi connectivity index (χ0n) is 9.47. The average Bonchev–Trinajstić information content (AvgIpc) is 2.60. The van der Waals surface area contributed by atoms with Gasteiger partial charge in [-0.3, -0.25) is 4.57 Å². The maximum Gasteiger partial charge on any atom is 0.426 e. The zero-order valence-corrected chi connectivity index (χ0v) is 9.47. The summed E-state index contributed by atoms with van der Waals surface area (Å²) < 4.78 is 6.81. The Hall–Kier alpha value is -1.63. The molecule has 1 N–H and O–H groups in total. The molecule has 0 spiro atoms. The molecule has 1 aromatic rings. The molecule has 1 heterocycles. The average molecular weight is 228 g/mol. The highest BCUT2D eigenvalue weighted by Gasteiger charge is 2.21. The number of nitrogens with zero attached hydrogens (tertiary/aromatic N) is 3. The van der Waals surface area contributed by atoms with Gasteiger partial charge in [0, 0.05) is 13.6 Å². The maximum absolute atomic E-state index is 10.6. The molecule has 0 bridgehead atoms.